The van der Waals surface area contributed by atoms with Crippen molar-refractivity contribution in [2.75, 3.05) is 5.32 Å². The van der Waals surface area contributed by atoms with Gasteiger partial charge in [0.05, 0.1) is 11.4 Å². The van der Waals surface area contributed by atoms with E-state index in [2.05, 4.69) is 10.4 Å². The summed E-state index contributed by atoms with van der Waals surface area (Å²) >= 11 is 0. The number of aryl methyl sites for hydroxylation is 2. The number of rotatable bonds is 4. The van der Waals surface area contributed by atoms with E-state index in [0.29, 0.717) is 5.69 Å². The van der Waals surface area contributed by atoms with Gasteiger partial charge in [0.15, 0.2) is 0 Å². The fourth-order valence-corrected chi connectivity index (χ4v) is 2.61. The van der Waals surface area contributed by atoms with Crippen LogP contribution < -0.4 is 10.9 Å². The Morgan fingerprint density at radius 2 is 1.88 bits per heavy atom. The second-order valence-electron chi connectivity index (χ2n) is 6.06. The topological polar surface area (TPSA) is 64.0 Å². The predicted molar refractivity (Wildman–Crippen MR) is 98.4 cm³/mol. The van der Waals surface area contributed by atoms with E-state index in [1.807, 2.05) is 32.0 Å². The van der Waals surface area contributed by atoms with Gasteiger partial charge in [-0.15, -0.1) is 0 Å². The Balaban J connectivity index is 1.86. The van der Waals surface area contributed by atoms with E-state index in [0.717, 1.165) is 21.4 Å². The van der Waals surface area contributed by atoms with Gasteiger partial charge in [-0.25, -0.2) is 9.07 Å². The number of halogens is 1. The molecule has 0 aliphatic rings. The molecular weight excluding hydrogens is 333 g/mol. The molecule has 0 radical (unpaired) electrons. The van der Waals surface area contributed by atoms with Crippen molar-refractivity contribution in [2.24, 2.45) is 0 Å². The first kappa shape index (κ1) is 17.5. The second kappa shape index (κ2) is 7.31. The van der Waals surface area contributed by atoms with Crippen LogP contribution in [0.2, 0.25) is 0 Å². The zero-order valence-electron chi connectivity index (χ0n) is 14.5. The van der Waals surface area contributed by atoms with Crippen LogP contribution in [0.3, 0.4) is 0 Å². The number of carbonyl (C=O) groups is 1. The zero-order chi connectivity index (χ0) is 18.7. The molecule has 0 saturated carbocycles. The van der Waals surface area contributed by atoms with Crippen LogP contribution in [-0.4, -0.2) is 15.7 Å². The van der Waals surface area contributed by atoms with Crippen molar-refractivity contribution in [3.05, 3.63) is 81.9 Å². The van der Waals surface area contributed by atoms with Gasteiger partial charge in [-0.3, -0.25) is 9.59 Å². The third-order valence-electron chi connectivity index (χ3n) is 3.98. The van der Waals surface area contributed by atoms with Crippen molar-refractivity contribution in [3.63, 3.8) is 0 Å². The quantitative estimate of drug-likeness (QED) is 0.784. The van der Waals surface area contributed by atoms with Gasteiger partial charge in [-0.1, -0.05) is 29.8 Å². The molecule has 26 heavy (non-hydrogen) atoms. The largest absolute Gasteiger partial charge is 0.322 e. The van der Waals surface area contributed by atoms with Crippen LogP contribution >= 0.6 is 0 Å². The predicted octanol–water partition coefficient (Wildman–Crippen LogP) is 3.30. The number of hydrogen-bond donors (Lipinski definition) is 1. The first-order valence-corrected chi connectivity index (χ1v) is 8.14. The maximum atomic E-state index is 13.6. The van der Waals surface area contributed by atoms with E-state index in [1.54, 1.807) is 12.1 Å². The SMILES string of the molecule is Cc1ccc(C)c(-c2ccc(=O)n(CC(=O)Nc3ccccc3F)n2)c1. The Bertz CT molecular complexity index is 1030. The summed E-state index contributed by atoms with van der Waals surface area (Å²) in [5, 5.41) is 6.75. The zero-order valence-corrected chi connectivity index (χ0v) is 14.5. The van der Waals surface area contributed by atoms with Gasteiger partial charge in [0.1, 0.15) is 12.4 Å². The molecule has 0 saturated heterocycles. The van der Waals surface area contributed by atoms with E-state index in [-0.39, 0.29) is 12.2 Å². The van der Waals surface area contributed by atoms with Crippen molar-refractivity contribution in [3.8, 4) is 11.3 Å². The highest BCUT2D eigenvalue weighted by Crippen LogP contribution is 2.21. The minimum Gasteiger partial charge on any atom is -0.322 e. The molecule has 1 heterocycles. The smallest absolute Gasteiger partial charge is 0.267 e. The van der Waals surface area contributed by atoms with Crippen LogP contribution in [0.4, 0.5) is 10.1 Å². The highest BCUT2D eigenvalue weighted by molar-refractivity contribution is 5.90. The Morgan fingerprint density at radius 1 is 1.12 bits per heavy atom. The molecule has 0 spiro atoms. The van der Waals surface area contributed by atoms with E-state index in [9.17, 15) is 14.0 Å². The molecule has 1 N–H and O–H groups in total. The fourth-order valence-electron chi connectivity index (χ4n) is 2.61. The number of nitrogens with one attached hydrogen (secondary N) is 1. The maximum absolute atomic E-state index is 13.6. The highest BCUT2D eigenvalue weighted by Gasteiger charge is 2.11. The molecule has 6 heteroatoms. The molecular formula is C20H18FN3O2. The lowest BCUT2D eigenvalue weighted by molar-refractivity contribution is -0.117. The number of carbonyl (C=O) groups excluding carboxylic acids is 1. The number of amides is 1. The summed E-state index contributed by atoms with van der Waals surface area (Å²) < 4.78 is 14.7. The van der Waals surface area contributed by atoms with Gasteiger partial charge in [0.25, 0.3) is 5.56 Å². The molecule has 0 atom stereocenters. The van der Waals surface area contributed by atoms with Gasteiger partial charge in [0, 0.05) is 11.6 Å². The van der Waals surface area contributed by atoms with Gasteiger partial charge in [0.2, 0.25) is 5.91 Å². The summed E-state index contributed by atoms with van der Waals surface area (Å²) in [6.45, 7) is 3.63. The van der Waals surface area contributed by atoms with Crippen molar-refractivity contribution in [1.29, 1.82) is 0 Å². The summed E-state index contributed by atoms with van der Waals surface area (Å²) in [7, 11) is 0. The van der Waals surface area contributed by atoms with Gasteiger partial charge in [-0.05, 0) is 43.7 Å². The molecule has 1 aromatic heterocycles. The molecule has 0 bridgehead atoms. The summed E-state index contributed by atoms with van der Waals surface area (Å²) in [6, 6.07) is 14.8. The third kappa shape index (κ3) is 3.85. The highest BCUT2D eigenvalue weighted by atomic mass is 19.1. The maximum Gasteiger partial charge on any atom is 0.267 e. The monoisotopic (exact) mass is 351 g/mol. The lowest BCUT2D eigenvalue weighted by atomic mass is 10.0. The van der Waals surface area contributed by atoms with Crippen LogP contribution in [0.15, 0.2) is 59.4 Å². The van der Waals surface area contributed by atoms with Crippen LogP contribution in [-0.2, 0) is 11.3 Å². The molecule has 0 fully saturated rings. The molecule has 132 valence electrons. The normalized spacial score (nSPS) is 10.6. The molecule has 2 aromatic carbocycles. The fraction of sp³-hybridized carbons (Fsp3) is 0.150. The number of aromatic nitrogens is 2. The van der Waals surface area contributed by atoms with Crippen LogP contribution in [0.25, 0.3) is 11.3 Å². The first-order chi connectivity index (χ1) is 12.4. The Hall–Kier alpha value is -3.28. The van der Waals surface area contributed by atoms with Crippen molar-refractivity contribution in [1.82, 2.24) is 9.78 Å². The minimum absolute atomic E-state index is 0.0660. The Labute approximate surface area is 150 Å². The van der Waals surface area contributed by atoms with Crippen LogP contribution in [0.5, 0.6) is 0 Å². The number of para-hydroxylation sites is 1. The molecule has 1 amide bonds. The van der Waals surface area contributed by atoms with Crippen molar-refractivity contribution >= 4 is 11.6 Å². The van der Waals surface area contributed by atoms with Gasteiger partial charge >= 0.3 is 0 Å². The average Bonchev–Trinajstić information content (AvgIpc) is 2.61. The Kier molecular flexibility index (Phi) is 4.93. The minimum atomic E-state index is -0.537. The van der Waals surface area contributed by atoms with Crippen LogP contribution in [0.1, 0.15) is 11.1 Å². The molecule has 0 aliphatic carbocycles. The van der Waals surface area contributed by atoms with Gasteiger partial charge < -0.3 is 5.32 Å². The molecule has 0 aliphatic heterocycles. The number of benzene rings is 2. The van der Waals surface area contributed by atoms with Crippen LogP contribution in [0, 0.1) is 19.7 Å². The molecule has 3 aromatic rings. The van der Waals surface area contributed by atoms with Crippen molar-refractivity contribution in [2.45, 2.75) is 20.4 Å². The summed E-state index contributed by atoms with van der Waals surface area (Å²) in [5.41, 5.74) is 3.25. The standard InChI is InChI=1S/C20H18FN3O2/c1-13-7-8-14(2)15(11-13)17-9-10-20(26)24(23-17)12-19(25)22-18-6-4-3-5-16(18)21/h3-11H,12H2,1-2H3,(H,22,25). The summed E-state index contributed by atoms with van der Waals surface area (Å²) in [4.78, 5) is 24.2. The number of nitrogens with zero attached hydrogens (tertiary/aromatic N) is 2. The summed E-state index contributed by atoms with van der Waals surface area (Å²) in [5.74, 6) is -1.06. The van der Waals surface area contributed by atoms with E-state index < -0.39 is 17.3 Å². The number of hydrogen-bond acceptors (Lipinski definition) is 3. The first-order valence-electron chi connectivity index (χ1n) is 8.14. The van der Waals surface area contributed by atoms with E-state index in [1.165, 1.54) is 24.3 Å². The second-order valence-corrected chi connectivity index (χ2v) is 6.06. The summed E-state index contributed by atoms with van der Waals surface area (Å²) in [6.07, 6.45) is 0. The molecule has 3 rings (SSSR count). The lowest BCUT2D eigenvalue weighted by Gasteiger charge is -2.10. The number of anilines is 1. The third-order valence-corrected chi connectivity index (χ3v) is 3.98. The average molecular weight is 351 g/mol. The lowest BCUT2D eigenvalue weighted by Crippen LogP contribution is -2.29. The van der Waals surface area contributed by atoms with Gasteiger partial charge in [-0.2, -0.15) is 5.10 Å². The molecule has 0 unspecified atom stereocenters. The Morgan fingerprint density at radius 3 is 2.65 bits per heavy atom. The van der Waals surface area contributed by atoms with Crippen molar-refractivity contribution < 1.29 is 9.18 Å². The van der Waals surface area contributed by atoms with E-state index >= 15 is 0 Å². The van der Waals surface area contributed by atoms with E-state index in [4.69, 9.17) is 0 Å². The molecule has 5 nitrogen and oxygen atoms in total.